The van der Waals surface area contributed by atoms with Crippen molar-refractivity contribution in [1.29, 1.82) is 5.26 Å². The number of pyridine rings is 1. The third-order valence-electron chi connectivity index (χ3n) is 3.51. The Morgan fingerprint density at radius 1 is 1.23 bits per heavy atom. The van der Waals surface area contributed by atoms with Gasteiger partial charge in [-0.25, -0.2) is 4.98 Å². The lowest BCUT2D eigenvalue weighted by Gasteiger charge is -2.05. The number of rotatable bonds is 5. The Kier molecular flexibility index (Phi) is 5.11. The normalized spacial score (nSPS) is 10.3. The van der Waals surface area contributed by atoms with Crippen molar-refractivity contribution in [2.24, 2.45) is 0 Å². The Bertz CT molecular complexity index is 1030. The van der Waals surface area contributed by atoms with Gasteiger partial charge in [-0.1, -0.05) is 17.4 Å². The third-order valence-corrected chi connectivity index (χ3v) is 5.33. The molecule has 8 nitrogen and oxygen atoms in total. The first-order valence-electron chi connectivity index (χ1n) is 7.37. The van der Waals surface area contributed by atoms with Gasteiger partial charge in [-0.3, -0.25) is 10.1 Å². The molecule has 2 aromatic heterocycles. The van der Waals surface area contributed by atoms with Crippen molar-refractivity contribution in [3.63, 3.8) is 0 Å². The second-order valence-corrected chi connectivity index (χ2v) is 7.53. The quantitative estimate of drug-likeness (QED) is 0.513. The van der Waals surface area contributed by atoms with E-state index in [9.17, 15) is 10.1 Å². The van der Waals surface area contributed by atoms with E-state index in [0.29, 0.717) is 14.5 Å². The first-order valence-corrected chi connectivity index (χ1v) is 9.00. The maximum absolute atomic E-state index is 10.9. The standard InChI is InChI=1S/C16H12N6O2S2/c1-9-3-4-11(7-10(9)2)18-15-20-21-16(26-15)25-14-6-5-13(22(23)24)12(8-17)19-14/h3-7H,1-2H3,(H,18,20). The fourth-order valence-electron chi connectivity index (χ4n) is 2.05. The Balaban J connectivity index is 1.75. The molecule has 0 amide bonds. The van der Waals surface area contributed by atoms with Crippen LogP contribution in [0.5, 0.6) is 0 Å². The average molecular weight is 384 g/mol. The van der Waals surface area contributed by atoms with Crippen molar-refractivity contribution in [3.05, 3.63) is 57.3 Å². The summed E-state index contributed by atoms with van der Waals surface area (Å²) >= 11 is 2.52. The molecular formula is C16H12N6O2S2. The van der Waals surface area contributed by atoms with Gasteiger partial charge in [-0.15, -0.1) is 10.2 Å². The van der Waals surface area contributed by atoms with Gasteiger partial charge in [0.15, 0.2) is 4.34 Å². The fourth-order valence-corrected chi connectivity index (χ4v) is 3.74. The van der Waals surface area contributed by atoms with Crippen LogP contribution >= 0.6 is 23.1 Å². The molecule has 130 valence electrons. The number of aromatic nitrogens is 3. The van der Waals surface area contributed by atoms with E-state index in [-0.39, 0.29) is 11.4 Å². The fraction of sp³-hybridized carbons (Fsp3) is 0.125. The van der Waals surface area contributed by atoms with Gasteiger partial charge in [0.05, 0.1) is 4.92 Å². The summed E-state index contributed by atoms with van der Waals surface area (Å²) in [5.74, 6) is 0. The molecule has 0 aliphatic rings. The number of benzene rings is 1. The smallest absolute Gasteiger partial charge is 0.305 e. The molecule has 1 aromatic carbocycles. The van der Waals surface area contributed by atoms with Gasteiger partial charge in [0.2, 0.25) is 10.8 Å². The van der Waals surface area contributed by atoms with Crippen LogP contribution in [0.4, 0.5) is 16.5 Å². The minimum Gasteiger partial charge on any atom is -0.330 e. The molecule has 0 aliphatic heterocycles. The zero-order chi connectivity index (χ0) is 18.7. The van der Waals surface area contributed by atoms with Crippen molar-refractivity contribution in [1.82, 2.24) is 15.2 Å². The molecule has 2 heterocycles. The second-order valence-electron chi connectivity index (χ2n) is 5.29. The molecule has 26 heavy (non-hydrogen) atoms. The van der Waals surface area contributed by atoms with Crippen LogP contribution in [0, 0.1) is 35.3 Å². The molecule has 0 saturated heterocycles. The summed E-state index contributed by atoms with van der Waals surface area (Å²) in [5, 5.41) is 32.3. The highest BCUT2D eigenvalue weighted by molar-refractivity contribution is 8.01. The van der Waals surface area contributed by atoms with Crippen LogP contribution in [-0.2, 0) is 0 Å². The summed E-state index contributed by atoms with van der Waals surface area (Å²) < 4.78 is 0.613. The van der Waals surface area contributed by atoms with Crippen LogP contribution in [0.3, 0.4) is 0 Å². The van der Waals surface area contributed by atoms with Crippen LogP contribution in [0.25, 0.3) is 0 Å². The Labute approximate surface area is 157 Å². The molecule has 0 aliphatic carbocycles. The van der Waals surface area contributed by atoms with Crippen LogP contribution in [0.15, 0.2) is 39.7 Å². The Morgan fingerprint density at radius 2 is 2.04 bits per heavy atom. The highest BCUT2D eigenvalue weighted by Gasteiger charge is 2.17. The van der Waals surface area contributed by atoms with Gasteiger partial charge >= 0.3 is 5.69 Å². The van der Waals surface area contributed by atoms with E-state index in [0.717, 1.165) is 5.69 Å². The van der Waals surface area contributed by atoms with Gasteiger partial charge < -0.3 is 5.32 Å². The molecule has 3 aromatic rings. The molecule has 1 N–H and O–H groups in total. The first-order chi connectivity index (χ1) is 12.5. The molecule has 0 spiro atoms. The highest BCUT2D eigenvalue weighted by Crippen LogP contribution is 2.33. The van der Waals surface area contributed by atoms with Crippen molar-refractivity contribution in [2.45, 2.75) is 23.2 Å². The lowest BCUT2D eigenvalue weighted by Crippen LogP contribution is -1.95. The van der Waals surface area contributed by atoms with E-state index in [1.165, 1.54) is 46.4 Å². The van der Waals surface area contributed by atoms with Crippen molar-refractivity contribution in [2.75, 3.05) is 5.32 Å². The zero-order valence-corrected chi connectivity index (χ0v) is 15.4. The molecule has 0 radical (unpaired) electrons. The maximum Gasteiger partial charge on any atom is 0.305 e. The number of aryl methyl sites for hydroxylation is 2. The Morgan fingerprint density at radius 3 is 2.73 bits per heavy atom. The predicted molar refractivity (Wildman–Crippen MR) is 98.8 cm³/mol. The maximum atomic E-state index is 10.9. The largest absolute Gasteiger partial charge is 0.330 e. The van der Waals surface area contributed by atoms with Gasteiger partial charge in [-0.05, 0) is 54.9 Å². The first kappa shape index (κ1) is 17.8. The summed E-state index contributed by atoms with van der Waals surface area (Å²) in [4.78, 5) is 14.2. The monoisotopic (exact) mass is 384 g/mol. The molecule has 10 heteroatoms. The molecule has 0 fully saturated rings. The van der Waals surface area contributed by atoms with Crippen molar-refractivity contribution < 1.29 is 4.92 Å². The molecule has 0 atom stereocenters. The summed E-state index contributed by atoms with van der Waals surface area (Å²) in [6.45, 7) is 4.08. The van der Waals surface area contributed by atoms with E-state index in [1.807, 2.05) is 32.0 Å². The van der Waals surface area contributed by atoms with E-state index < -0.39 is 4.92 Å². The number of anilines is 2. The number of nitro groups is 1. The second kappa shape index (κ2) is 7.47. The van der Waals surface area contributed by atoms with E-state index in [1.54, 1.807) is 6.07 Å². The molecule has 3 rings (SSSR count). The minimum atomic E-state index is -0.628. The highest BCUT2D eigenvalue weighted by atomic mass is 32.2. The van der Waals surface area contributed by atoms with Gasteiger partial charge in [-0.2, -0.15) is 5.26 Å². The predicted octanol–water partition coefficient (Wildman–Crippen LogP) is 4.22. The van der Waals surface area contributed by atoms with Gasteiger partial charge in [0.25, 0.3) is 0 Å². The average Bonchev–Trinajstić information content (AvgIpc) is 3.04. The van der Waals surface area contributed by atoms with Crippen molar-refractivity contribution in [3.8, 4) is 6.07 Å². The summed E-state index contributed by atoms with van der Waals surface area (Å²) in [7, 11) is 0. The third kappa shape index (κ3) is 3.96. The van der Waals surface area contributed by atoms with E-state index >= 15 is 0 Å². The zero-order valence-electron chi connectivity index (χ0n) is 13.8. The number of nitrogens with one attached hydrogen (secondary N) is 1. The summed E-state index contributed by atoms with van der Waals surface area (Å²) in [5.41, 5.74) is 2.76. The van der Waals surface area contributed by atoms with Crippen molar-refractivity contribution >= 4 is 39.6 Å². The lowest BCUT2D eigenvalue weighted by molar-refractivity contribution is -0.385. The van der Waals surface area contributed by atoms with Gasteiger partial charge in [0.1, 0.15) is 11.1 Å². The number of nitriles is 1. The van der Waals surface area contributed by atoms with Crippen LogP contribution < -0.4 is 5.32 Å². The summed E-state index contributed by atoms with van der Waals surface area (Å²) in [6, 6.07) is 10.5. The molecule has 0 unspecified atom stereocenters. The lowest BCUT2D eigenvalue weighted by atomic mass is 10.1. The number of nitrogens with zero attached hydrogens (tertiary/aromatic N) is 5. The molecule has 0 saturated carbocycles. The van der Waals surface area contributed by atoms with E-state index in [2.05, 4.69) is 20.5 Å². The molecular weight excluding hydrogens is 372 g/mol. The summed E-state index contributed by atoms with van der Waals surface area (Å²) in [6.07, 6.45) is 0. The SMILES string of the molecule is Cc1ccc(Nc2nnc(Sc3ccc([N+](=O)[O-])c(C#N)n3)s2)cc1C. The van der Waals surface area contributed by atoms with Crippen LogP contribution in [-0.4, -0.2) is 20.1 Å². The Hall–Kier alpha value is -3.03. The van der Waals surface area contributed by atoms with E-state index in [4.69, 9.17) is 5.26 Å². The van der Waals surface area contributed by atoms with Crippen LogP contribution in [0.2, 0.25) is 0 Å². The topological polar surface area (TPSA) is 118 Å². The van der Waals surface area contributed by atoms with Crippen LogP contribution in [0.1, 0.15) is 16.8 Å². The number of hydrogen-bond acceptors (Lipinski definition) is 9. The minimum absolute atomic E-state index is 0.224. The molecule has 0 bridgehead atoms. The van der Waals surface area contributed by atoms with Gasteiger partial charge in [0, 0.05) is 11.8 Å². The number of hydrogen-bond donors (Lipinski definition) is 1.